The first-order valence-electron chi connectivity index (χ1n) is 2.75. The molecule has 0 saturated carbocycles. The number of aliphatic hydroxyl groups excluding tert-OH is 1. The molecule has 1 unspecified atom stereocenters. The van der Waals surface area contributed by atoms with E-state index >= 15 is 0 Å². The third-order valence-corrected chi connectivity index (χ3v) is 1.02. The van der Waals surface area contributed by atoms with E-state index in [1.54, 1.807) is 6.92 Å². The van der Waals surface area contributed by atoms with Crippen LogP contribution in [0.5, 0.6) is 0 Å². The topological polar surface area (TPSA) is 49.3 Å². The van der Waals surface area contributed by atoms with Gasteiger partial charge in [0.15, 0.2) is 0 Å². The van der Waals surface area contributed by atoms with Gasteiger partial charge >= 0.3 is 0 Å². The Kier molecular flexibility index (Phi) is 4.53. The number of carbonyl (C=O) groups is 1. The van der Waals surface area contributed by atoms with Crippen LogP contribution < -0.4 is 5.32 Å². The normalized spacial score (nSPS) is 12.8. The second-order valence-electron chi connectivity index (χ2n) is 1.69. The fourth-order valence-electron chi connectivity index (χ4n) is 0.327. The quantitative estimate of drug-likeness (QED) is 0.470. The van der Waals surface area contributed by atoms with Crippen LogP contribution in [0.15, 0.2) is 0 Å². The molecule has 0 aliphatic rings. The van der Waals surface area contributed by atoms with Crippen molar-refractivity contribution in [2.45, 2.75) is 12.2 Å². The fourth-order valence-corrected chi connectivity index (χ4v) is 0.418. The highest BCUT2D eigenvalue weighted by Crippen LogP contribution is 1.89. The van der Waals surface area contributed by atoms with Gasteiger partial charge in [-0.05, 0) is 6.92 Å². The molecular weight excluding hydrogens is 138 g/mol. The van der Waals surface area contributed by atoms with Crippen LogP contribution in [-0.4, -0.2) is 29.4 Å². The number of aliphatic hydroxyl groups is 1. The molecule has 0 saturated heterocycles. The summed E-state index contributed by atoms with van der Waals surface area (Å²) in [6.45, 7) is 1.96. The van der Waals surface area contributed by atoms with Crippen LogP contribution in [0.3, 0.4) is 0 Å². The van der Waals surface area contributed by atoms with Gasteiger partial charge < -0.3 is 10.4 Å². The molecule has 54 valence electrons. The lowest BCUT2D eigenvalue weighted by molar-refractivity contribution is -0.120. The van der Waals surface area contributed by atoms with Gasteiger partial charge in [-0.1, -0.05) is 0 Å². The van der Waals surface area contributed by atoms with Crippen LogP contribution in [-0.2, 0) is 4.79 Å². The van der Waals surface area contributed by atoms with E-state index in [-0.39, 0.29) is 17.8 Å². The van der Waals surface area contributed by atoms with E-state index in [1.807, 2.05) is 0 Å². The predicted molar refractivity (Wildman–Crippen MR) is 38.5 cm³/mol. The Hall–Kier alpha value is -0.220. The number of rotatable bonds is 3. The number of thiol groups is 1. The average Bonchev–Trinajstić information content (AvgIpc) is 1.82. The van der Waals surface area contributed by atoms with E-state index < -0.39 is 0 Å². The molecular formula is C5H11NO2S. The molecule has 3 nitrogen and oxygen atoms in total. The van der Waals surface area contributed by atoms with E-state index in [0.717, 1.165) is 0 Å². The molecule has 0 radical (unpaired) electrons. The minimum atomic E-state index is -0.295. The van der Waals surface area contributed by atoms with Crippen molar-refractivity contribution < 1.29 is 9.90 Å². The monoisotopic (exact) mass is 149 g/mol. The molecule has 0 rings (SSSR count). The summed E-state index contributed by atoms with van der Waals surface area (Å²) in [5.74, 6) is -0.146. The second-order valence-corrected chi connectivity index (χ2v) is 2.47. The Morgan fingerprint density at radius 1 is 1.89 bits per heavy atom. The zero-order chi connectivity index (χ0) is 7.28. The molecule has 1 amide bonds. The van der Waals surface area contributed by atoms with Crippen molar-refractivity contribution in [3.05, 3.63) is 0 Å². The first-order valence-corrected chi connectivity index (χ1v) is 3.26. The van der Waals surface area contributed by atoms with Gasteiger partial charge in [0.2, 0.25) is 5.91 Å². The molecule has 0 aliphatic heterocycles. The Morgan fingerprint density at radius 3 is 2.78 bits per heavy atom. The van der Waals surface area contributed by atoms with E-state index in [1.165, 1.54) is 0 Å². The fraction of sp³-hybridized carbons (Fsp3) is 0.800. The maximum Gasteiger partial charge on any atom is 0.232 e. The molecule has 1 atom stereocenters. The number of carbonyl (C=O) groups excluding carboxylic acids is 1. The smallest absolute Gasteiger partial charge is 0.232 e. The molecule has 0 aliphatic carbocycles. The summed E-state index contributed by atoms with van der Waals surface area (Å²) in [5.41, 5.74) is 0. The third kappa shape index (κ3) is 4.29. The van der Waals surface area contributed by atoms with Crippen molar-refractivity contribution in [1.29, 1.82) is 0 Å². The highest BCUT2D eigenvalue weighted by Gasteiger charge is 2.04. The van der Waals surface area contributed by atoms with Gasteiger partial charge in [0.1, 0.15) is 0 Å². The molecule has 2 N–H and O–H groups in total. The lowest BCUT2D eigenvalue weighted by atomic mass is 10.4. The van der Waals surface area contributed by atoms with Crippen LogP contribution >= 0.6 is 12.6 Å². The van der Waals surface area contributed by atoms with Crippen molar-refractivity contribution in [1.82, 2.24) is 5.32 Å². The summed E-state index contributed by atoms with van der Waals surface area (Å²) in [6, 6.07) is 0. The van der Waals surface area contributed by atoms with Crippen LogP contribution in [0.4, 0.5) is 0 Å². The predicted octanol–water partition coefficient (Wildman–Crippen LogP) is -0.587. The Labute approximate surface area is 59.9 Å². The number of nitrogens with one attached hydrogen (secondary N) is 1. The molecule has 0 heterocycles. The first kappa shape index (κ1) is 8.78. The maximum atomic E-state index is 10.6. The standard InChI is InChI=1S/C5H11NO2S/c1-4(9)5(8)6-2-3-7/h4,7,9H,2-3H2,1H3,(H,6,8). The largest absolute Gasteiger partial charge is 0.395 e. The van der Waals surface area contributed by atoms with Gasteiger partial charge in [0.25, 0.3) is 0 Å². The first-order chi connectivity index (χ1) is 4.18. The van der Waals surface area contributed by atoms with Crippen molar-refractivity contribution in [2.75, 3.05) is 13.2 Å². The van der Waals surface area contributed by atoms with E-state index in [2.05, 4.69) is 17.9 Å². The van der Waals surface area contributed by atoms with Crippen molar-refractivity contribution in [3.8, 4) is 0 Å². The molecule has 9 heavy (non-hydrogen) atoms. The molecule has 0 aromatic rings. The second kappa shape index (κ2) is 4.64. The zero-order valence-electron chi connectivity index (χ0n) is 5.29. The van der Waals surface area contributed by atoms with Gasteiger partial charge in [-0.25, -0.2) is 0 Å². The van der Waals surface area contributed by atoms with E-state index in [0.29, 0.717) is 6.54 Å². The SMILES string of the molecule is CC(S)C(=O)NCCO. The van der Waals surface area contributed by atoms with Gasteiger partial charge in [-0.2, -0.15) is 12.6 Å². The molecule has 0 aromatic carbocycles. The summed E-state index contributed by atoms with van der Waals surface area (Å²) in [6.07, 6.45) is 0. The minimum absolute atomic E-state index is 0.0216. The Morgan fingerprint density at radius 2 is 2.44 bits per heavy atom. The van der Waals surface area contributed by atoms with E-state index in [4.69, 9.17) is 5.11 Å². The summed E-state index contributed by atoms with van der Waals surface area (Å²) in [4.78, 5) is 10.6. The highest BCUT2D eigenvalue weighted by atomic mass is 32.1. The molecule has 0 aromatic heterocycles. The van der Waals surface area contributed by atoms with Gasteiger partial charge in [0, 0.05) is 6.54 Å². The molecule has 0 bridgehead atoms. The third-order valence-electron chi connectivity index (χ3n) is 0.790. The average molecular weight is 149 g/mol. The van der Waals surface area contributed by atoms with E-state index in [9.17, 15) is 4.79 Å². The van der Waals surface area contributed by atoms with Crippen molar-refractivity contribution in [3.63, 3.8) is 0 Å². The Balaban J connectivity index is 3.28. The molecule has 0 spiro atoms. The highest BCUT2D eigenvalue weighted by molar-refractivity contribution is 7.81. The number of amides is 1. The molecule has 0 fully saturated rings. The zero-order valence-corrected chi connectivity index (χ0v) is 6.19. The summed E-state index contributed by atoms with van der Waals surface area (Å²) in [5, 5.41) is 10.4. The molecule has 4 heteroatoms. The lowest BCUT2D eigenvalue weighted by Gasteiger charge is -2.03. The lowest BCUT2D eigenvalue weighted by Crippen LogP contribution is -2.31. The van der Waals surface area contributed by atoms with Crippen LogP contribution in [0.1, 0.15) is 6.92 Å². The van der Waals surface area contributed by atoms with Crippen LogP contribution in [0, 0.1) is 0 Å². The van der Waals surface area contributed by atoms with Gasteiger partial charge in [-0.15, -0.1) is 0 Å². The van der Waals surface area contributed by atoms with Crippen LogP contribution in [0.25, 0.3) is 0 Å². The summed E-state index contributed by atoms with van der Waals surface area (Å²) >= 11 is 3.87. The van der Waals surface area contributed by atoms with Crippen molar-refractivity contribution in [2.24, 2.45) is 0 Å². The number of hydrogen-bond acceptors (Lipinski definition) is 3. The minimum Gasteiger partial charge on any atom is -0.395 e. The van der Waals surface area contributed by atoms with Crippen LogP contribution in [0.2, 0.25) is 0 Å². The van der Waals surface area contributed by atoms with Gasteiger partial charge in [-0.3, -0.25) is 4.79 Å². The Bertz CT molecular complexity index is 95.0. The van der Waals surface area contributed by atoms with Gasteiger partial charge in [0.05, 0.1) is 11.9 Å². The number of hydrogen-bond donors (Lipinski definition) is 3. The van der Waals surface area contributed by atoms with Crippen molar-refractivity contribution >= 4 is 18.5 Å². The maximum absolute atomic E-state index is 10.6. The summed E-state index contributed by atoms with van der Waals surface area (Å²) in [7, 11) is 0. The summed E-state index contributed by atoms with van der Waals surface area (Å²) < 4.78 is 0.